The third-order valence-electron chi connectivity index (χ3n) is 12.9. The highest BCUT2D eigenvalue weighted by Crippen LogP contribution is 2.23. The Morgan fingerprint density at radius 2 is 1.03 bits per heavy atom. The second kappa shape index (κ2) is 48.4. The van der Waals surface area contributed by atoms with Crippen LogP contribution in [0.25, 0.3) is 0 Å². The summed E-state index contributed by atoms with van der Waals surface area (Å²) in [6.07, 6.45) is 53.3. The SMILES string of the molecule is C/C=C/CC/C=C/CC/C=C/C(O)C(COC1OC(CO)C(O)C(O)C1O)NC(=O)CCCCCCCCCCCCCCCC/C=C\C/C=C\CCOC(=O)CCCCCCC/C=C\CCCCC. The van der Waals surface area contributed by atoms with Crippen LogP contribution in [0.1, 0.15) is 226 Å². The van der Waals surface area contributed by atoms with Gasteiger partial charge in [0.25, 0.3) is 0 Å². The van der Waals surface area contributed by atoms with Crippen molar-refractivity contribution in [2.75, 3.05) is 19.8 Å². The summed E-state index contributed by atoms with van der Waals surface area (Å²) in [7, 11) is 0. The molecule has 1 rings (SSSR count). The van der Waals surface area contributed by atoms with E-state index >= 15 is 0 Å². The molecule has 0 bridgehead atoms. The van der Waals surface area contributed by atoms with Crippen molar-refractivity contribution in [2.45, 2.75) is 269 Å². The minimum absolute atomic E-state index is 0.0608. The Bertz CT molecular complexity index is 1390. The number of aliphatic hydroxyl groups excluding tert-OH is 5. The standard InChI is InChI=1S/C59H103NO10/c1-3-5-7-9-11-13-14-27-31-35-39-43-47-55(64)68-48-44-40-36-32-28-25-23-21-19-17-15-16-18-20-22-24-26-30-34-38-42-46-54(63)60-51(52(62)45-41-37-33-29-12-10-8-6-4-2)50-69-59-58(67)57(66)56(65)53(49-61)70-59/h4,6,11-13,25,28-29,36,40-41,45,51-53,56-59,61-62,65-67H,3,5,7-10,14-24,26-27,30-35,37-39,42-44,46-50H2,1-2H3,(H,60,63)/b6-4+,13-11-,28-25-,29-12+,40-36-,45-41+. The lowest BCUT2D eigenvalue weighted by Crippen LogP contribution is -2.60. The molecule has 7 atom stereocenters. The predicted molar refractivity (Wildman–Crippen MR) is 287 cm³/mol. The zero-order valence-electron chi connectivity index (χ0n) is 44.2. The van der Waals surface area contributed by atoms with Crippen LogP contribution in [0.3, 0.4) is 0 Å². The fourth-order valence-electron chi connectivity index (χ4n) is 8.36. The van der Waals surface area contributed by atoms with E-state index in [1.807, 2.05) is 19.1 Å². The summed E-state index contributed by atoms with van der Waals surface area (Å²) in [5.41, 5.74) is 0. The Labute approximate surface area is 426 Å². The molecular formula is C59H103NO10. The van der Waals surface area contributed by atoms with Crippen molar-refractivity contribution in [1.29, 1.82) is 0 Å². The summed E-state index contributed by atoms with van der Waals surface area (Å²) in [4.78, 5) is 24.9. The zero-order chi connectivity index (χ0) is 51.0. The fourth-order valence-corrected chi connectivity index (χ4v) is 8.36. The van der Waals surface area contributed by atoms with Crippen LogP contribution >= 0.6 is 0 Å². The molecule has 0 aromatic carbocycles. The maximum absolute atomic E-state index is 13.0. The molecule has 6 N–H and O–H groups in total. The van der Waals surface area contributed by atoms with Crippen LogP contribution in [0, 0.1) is 0 Å². The maximum Gasteiger partial charge on any atom is 0.305 e. The van der Waals surface area contributed by atoms with E-state index in [9.17, 15) is 35.1 Å². The molecule has 1 heterocycles. The number of nitrogens with one attached hydrogen (secondary N) is 1. The van der Waals surface area contributed by atoms with Gasteiger partial charge in [0.2, 0.25) is 5.91 Å². The number of unbranched alkanes of at least 4 members (excludes halogenated alkanes) is 24. The molecular weight excluding hydrogens is 883 g/mol. The average molecular weight is 986 g/mol. The second-order valence-corrected chi connectivity index (χ2v) is 19.3. The van der Waals surface area contributed by atoms with E-state index in [0.29, 0.717) is 25.9 Å². The molecule has 1 fully saturated rings. The Hall–Kier alpha value is -2.90. The third kappa shape index (κ3) is 37.8. The summed E-state index contributed by atoms with van der Waals surface area (Å²) in [6, 6.07) is -0.838. The van der Waals surface area contributed by atoms with Gasteiger partial charge < -0.3 is 45.1 Å². The zero-order valence-corrected chi connectivity index (χ0v) is 44.2. The van der Waals surface area contributed by atoms with E-state index in [4.69, 9.17) is 14.2 Å². The van der Waals surface area contributed by atoms with E-state index in [2.05, 4.69) is 66.9 Å². The van der Waals surface area contributed by atoms with Crippen molar-refractivity contribution in [3.05, 3.63) is 72.9 Å². The van der Waals surface area contributed by atoms with Crippen molar-refractivity contribution in [2.24, 2.45) is 0 Å². The molecule has 0 radical (unpaired) electrons. The number of carbonyl (C=O) groups excluding carboxylic acids is 2. The summed E-state index contributed by atoms with van der Waals surface area (Å²) in [5, 5.41) is 54.1. The van der Waals surface area contributed by atoms with E-state index in [-0.39, 0.29) is 18.5 Å². The molecule has 1 aliphatic rings. The van der Waals surface area contributed by atoms with Gasteiger partial charge in [-0.3, -0.25) is 9.59 Å². The molecule has 0 saturated carbocycles. The Morgan fingerprint density at radius 1 is 0.557 bits per heavy atom. The van der Waals surface area contributed by atoms with E-state index in [1.54, 1.807) is 6.08 Å². The van der Waals surface area contributed by atoms with Gasteiger partial charge in [-0.1, -0.05) is 189 Å². The highest BCUT2D eigenvalue weighted by atomic mass is 16.7. The van der Waals surface area contributed by atoms with Gasteiger partial charge in [-0.2, -0.15) is 0 Å². The van der Waals surface area contributed by atoms with Crippen LogP contribution in [0.2, 0.25) is 0 Å². The molecule has 1 saturated heterocycles. The molecule has 1 aliphatic heterocycles. The molecule has 0 aliphatic carbocycles. The number of aliphatic hydroxyl groups is 5. The van der Waals surface area contributed by atoms with Gasteiger partial charge in [0, 0.05) is 12.8 Å². The topological polar surface area (TPSA) is 175 Å². The van der Waals surface area contributed by atoms with Crippen LogP contribution in [0.4, 0.5) is 0 Å². The first kappa shape index (κ1) is 65.1. The Kier molecular flexibility index (Phi) is 45.0. The molecule has 0 aromatic heterocycles. The van der Waals surface area contributed by atoms with Gasteiger partial charge >= 0.3 is 5.97 Å². The van der Waals surface area contributed by atoms with Gasteiger partial charge in [-0.15, -0.1) is 0 Å². The average Bonchev–Trinajstić information content (AvgIpc) is 3.36. The molecule has 11 nitrogen and oxygen atoms in total. The number of ether oxygens (including phenoxy) is 3. The van der Waals surface area contributed by atoms with E-state index in [1.165, 1.54) is 116 Å². The Balaban J connectivity index is 2.07. The Morgan fingerprint density at radius 3 is 1.59 bits per heavy atom. The first-order valence-corrected chi connectivity index (χ1v) is 28.2. The summed E-state index contributed by atoms with van der Waals surface area (Å²) in [6.45, 7) is 3.93. The van der Waals surface area contributed by atoms with E-state index in [0.717, 1.165) is 77.0 Å². The molecule has 7 unspecified atom stereocenters. The monoisotopic (exact) mass is 986 g/mol. The fraction of sp³-hybridized carbons (Fsp3) is 0.763. The second-order valence-electron chi connectivity index (χ2n) is 19.3. The molecule has 11 heteroatoms. The largest absolute Gasteiger partial charge is 0.465 e. The van der Waals surface area contributed by atoms with Gasteiger partial charge in [0.05, 0.1) is 32.0 Å². The quantitative estimate of drug-likeness (QED) is 0.0196. The highest BCUT2D eigenvalue weighted by Gasteiger charge is 2.44. The summed E-state index contributed by atoms with van der Waals surface area (Å²) >= 11 is 0. The van der Waals surface area contributed by atoms with Crippen molar-refractivity contribution < 1.29 is 49.3 Å². The van der Waals surface area contributed by atoms with Gasteiger partial charge in [-0.05, 0) is 96.8 Å². The minimum Gasteiger partial charge on any atom is -0.465 e. The molecule has 0 spiro atoms. The maximum atomic E-state index is 13.0. The lowest BCUT2D eigenvalue weighted by molar-refractivity contribution is -0.302. The molecule has 0 aromatic rings. The highest BCUT2D eigenvalue weighted by molar-refractivity contribution is 5.76. The third-order valence-corrected chi connectivity index (χ3v) is 12.9. The minimum atomic E-state index is -1.58. The number of esters is 1. The normalized spacial score (nSPS) is 19.8. The number of rotatable bonds is 47. The van der Waals surface area contributed by atoms with Gasteiger partial charge in [0.15, 0.2) is 6.29 Å². The number of hydrogen-bond acceptors (Lipinski definition) is 10. The smallest absolute Gasteiger partial charge is 0.305 e. The molecule has 404 valence electrons. The van der Waals surface area contributed by atoms with Crippen LogP contribution in [-0.2, 0) is 23.8 Å². The predicted octanol–water partition coefficient (Wildman–Crippen LogP) is 12.4. The van der Waals surface area contributed by atoms with Crippen LogP contribution in [0.5, 0.6) is 0 Å². The summed E-state index contributed by atoms with van der Waals surface area (Å²) in [5.74, 6) is -0.267. The lowest BCUT2D eigenvalue weighted by Gasteiger charge is -2.40. The number of allylic oxidation sites excluding steroid dienone is 10. The van der Waals surface area contributed by atoms with Crippen molar-refractivity contribution in [3.8, 4) is 0 Å². The van der Waals surface area contributed by atoms with Crippen molar-refractivity contribution in [3.63, 3.8) is 0 Å². The number of amides is 1. The van der Waals surface area contributed by atoms with Gasteiger partial charge in [-0.25, -0.2) is 0 Å². The first-order chi connectivity index (χ1) is 34.2. The lowest BCUT2D eigenvalue weighted by atomic mass is 9.99. The van der Waals surface area contributed by atoms with Crippen molar-refractivity contribution in [1.82, 2.24) is 5.32 Å². The van der Waals surface area contributed by atoms with E-state index < -0.39 is 49.5 Å². The molecule has 1 amide bonds. The van der Waals surface area contributed by atoms with Crippen LogP contribution in [-0.4, -0.2) is 100 Å². The number of carbonyl (C=O) groups is 2. The van der Waals surface area contributed by atoms with Gasteiger partial charge in [0.1, 0.15) is 24.4 Å². The van der Waals surface area contributed by atoms with Crippen LogP contribution < -0.4 is 5.32 Å². The molecule has 70 heavy (non-hydrogen) atoms. The van der Waals surface area contributed by atoms with Crippen molar-refractivity contribution >= 4 is 11.9 Å². The van der Waals surface area contributed by atoms with Crippen LogP contribution in [0.15, 0.2) is 72.9 Å². The number of hydrogen-bond donors (Lipinski definition) is 6. The first-order valence-electron chi connectivity index (χ1n) is 28.2. The summed E-state index contributed by atoms with van der Waals surface area (Å²) < 4.78 is 16.6.